The standard InChI is InChI=1S/C16H23NO3/c1-16(2,3)20-15(18)17-11-7-9-13(17)12-8-5-6-10-14(12)19-4/h5-6,8,10,13H,7,9,11H2,1-4H3/t13-/m1/s1. The van der Waals surface area contributed by atoms with Gasteiger partial charge in [0.05, 0.1) is 13.2 Å². The Morgan fingerprint density at radius 1 is 1.30 bits per heavy atom. The number of benzene rings is 1. The maximum absolute atomic E-state index is 12.3. The van der Waals surface area contributed by atoms with E-state index in [9.17, 15) is 4.79 Å². The van der Waals surface area contributed by atoms with E-state index >= 15 is 0 Å². The largest absolute Gasteiger partial charge is 0.496 e. The third-order valence-electron chi connectivity index (χ3n) is 3.38. The monoisotopic (exact) mass is 277 g/mol. The van der Waals surface area contributed by atoms with E-state index in [1.807, 2.05) is 49.9 Å². The molecule has 110 valence electrons. The van der Waals surface area contributed by atoms with Gasteiger partial charge in [0.25, 0.3) is 0 Å². The second kappa shape index (κ2) is 5.73. The molecule has 1 amide bonds. The van der Waals surface area contributed by atoms with Crippen molar-refractivity contribution < 1.29 is 14.3 Å². The van der Waals surface area contributed by atoms with Gasteiger partial charge in [-0.3, -0.25) is 0 Å². The van der Waals surface area contributed by atoms with Gasteiger partial charge in [-0.2, -0.15) is 0 Å². The van der Waals surface area contributed by atoms with E-state index in [-0.39, 0.29) is 12.1 Å². The molecule has 4 heteroatoms. The number of hydrogen-bond acceptors (Lipinski definition) is 3. The molecule has 0 aliphatic carbocycles. The summed E-state index contributed by atoms with van der Waals surface area (Å²) in [6.07, 6.45) is 1.69. The molecule has 1 aromatic rings. The predicted molar refractivity (Wildman–Crippen MR) is 77.9 cm³/mol. The molecule has 0 aromatic heterocycles. The van der Waals surface area contributed by atoms with E-state index in [2.05, 4.69) is 0 Å². The van der Waals surface area contributed by atoms with Crippen molar-refractivity contribution in [2.45, 2.75) is 45.3 Å². The Morgan fingerprint density at radius 2 is 2.00 bits per heavy atom. The van der Waals surface area contributed by atoms with Crippen molar-refractivity contribution in [3.05, 3.63) is 29.8 Å². The van der Waals surface area contributed by atoms with Crippen molar-refractivity contribution in [1.82, 2.24) is 4.90 Å². The number of rotatable bonds is 2. The highest BCUT2D eigenvalue weighted by Crippen LogP contribution is 2.37. The number of hydrogen-bond donors (Lipinski definition) is 0. The van der Waals surface area contributed by atoms with Crippen LogP contribution in [-0.4, -0.2) is 30.2 Å². The maximum Gasteiger partial charge on any atom is 0.410 e. The van der Waals surface area contributed by atoms with E-state index in [0.29, 0.717) is 0 Å². The van der Waals surface area contributed by atoms with Crippen LogP contribution in [0, 0.1) is 0 Å². The molecule has 1 saturated heterocycles. The molecule has 2 rings (SSSR count). The number of carbonyl (C=O) groups is 1. The van der Waals surface area contributed by atoms with Gasteiger partial charge in [0.2, 0.25) is 0 Å². The molecule has 1 atom stereocenters. The Bertz CT molecular complexity index is 479. The van der Waals surface area contributed by atoms with Crippen LogP contribution in [0.15, 0.2) is 24.3 Å². The Morgan fingerprint density at radius 3 is 2.65 bits per heavy atom. The van der Waals surface area contributed by atoms with Crippen LogP contribution in [0.25, 0.3) is 0 Å². The summed E-state index contributed by atoms with van der Waals surface area (Å²) in [5, 5.41) is 0. The second-order valence-electron chi connectivity index (χ2n) is 6.07. The molecule has 1 aliphatic heterocycles. The summed E-state index contributed by atoms with van der Waals surface area (Å²) in [5.74, 6) is 0.827. The molecule has 4 nitrogen and oxygen atoms in total. The summed E-state index contributed by atoms with van der Waals surface area (Å²) in [6.45, 7) is 6.40. The number of likely N-dealkylation sites (tertiary alicyclic amines) is 1. The van der Waals surface area contributed by atoms with Crippen LogP contribution in [0.3, 0.4) is 0 Å². The summed E-state index contributed by atoms with van der Waals surface area (Å²) < 4.78 is 10.9. The van der Waals surface area contributed by atoms with Gasteiger partial charge in [-0.15, -0.1) is 0 Å². The minimum Gasteiger partial charge on any atom is -0.496 e. The summed E-state index contributed by atoms with van der Waals surface area (Å²) in [4.78, 5) is 14.1. The van der Waals surface area contributed by atoms with Crippen LogP contribution in [0.5, 0.6) is 5.75 Å². The number of amides is 1. The molecule has 1 heterocycles. The number of carbonyl (C=O) groups excluding carboxylic acids is 1. The highest BCUT2D eigenvalue weighted by Gasteiger charge is 2.34. The fourth-order valence-electron chi connectivity index (χ4n) is 2.57. The first-order valence-corrected chi connectivity index (χ1v) is 7.05. The molecule has 1 aromatic carbocycles. The van der Waals surface area contributed by atoms with E-state index < -0.39 is 5.60 Å². The normalized spacial score (nSPS) is 19.0. The van der Waals surface area contributed by atoms with Crippen molar-refractivity contribution in [2.24, 2.45) is 0 Å². The Kier molecular flexibility index (Phi) is 4.21. The first kappa shape index (κ1) is 14.7. The Hall–Kier alpha value is -1.71. The van der Waals surface area contributed by atoms with Gasteiger partial charge in [-0.05, 0) is 39.7 Å². The quantitative estimate of drug-likeness (QED) is 0.826. The zero-order valence-corrected chi connectivity index (χ0v) is 12.7. The van der Waals surface area contributed by atoms with Gasteiger partial charge in [-0.25, -0.2) is 4.79 Å². The van der Waals surface area contributed by atoms with Gasteiger partial charge >= 0.3 is 6.09 Å². The molecule has 0 saturated carbocycles. The average Bonchev–Trinajstić information content (AvgIpc) is 2.85. The average molecular weight is 277 g/mol. The summed E-state index contributed by atoms with van der Waals surface area (Å²) in [7, 11) is 1.66. The third-order valence-corrected chi connectivity index (χ3v) is 3.38. The zero-order valence-electron chi connectivity index (χ0n) is 12.7. The van der Waals surface area contributed by atoms with Crippen molar-refractivity contribution in [3.63, 3.8) is 0 Å². The van der Waals surface area contributed by atoms with E-state index in [1.165, 1.54) is 0 Å². The molecular weight excluding hydrogens is 254 g/mol. The lowest BCUT2D eigenvalue weighted by Gasteiger charge is -2.29. The lowest BCUT2D eigenvalue weighted by Crippen LogP contribution is -2.36. The van der Waals surface area contributed by atoms with E-state index in [4.69, 9.17) is 9.47 Å². The Labute approximate surface area is 120 Å². The summed E-state index contributed by atoms with van der Waals surface area (Å²) in [5.41, 5.74) is 0.587. The molecule has 0 bridgehead atoms. The van der Waals surface area contributed by atoms with Crippen LogP contribution in [0.2, 0.25) is 0 Å². The van der Waals surface area contributed by atoms with Gasteiger partial charge in [0.15, 0.2) is 0 Å². The van der Waals surface area contributed by atoms with Crippen LogP contribution >= 0.6 is 0 Å². The number of methoxy groups -OCH3 is 1. The molecule has 1 aliphatic rings. The van der Waals surface area contributed by atoms with E-state index in [1.54, 1.807) is 7.11 Å². The molecular formula is C16H23NO3. The second-order valence-corrected chi connectivity index (χ2v) is 6.07. The van der Waals surface area contributed by atoms with Gasteiger partial charge in [0.1, 0.15) is 11.4 Å². The SMILES string of the molecule is COc1ccccc1[C@H]1CCCN1C(=O)OC(C)(C)C. The molecule has 0 unspecified atom stereocenters. The molecule has 0 spiro atoms. The first-order chi connectivity index (χ1) is 9.42. The number of para-hydroxylation sites is 1. The van der Waals surface area contributed by atoms with Crippen molar-refractivity contribution in [1.29, 1.82) is 0 Å². The van der Waals surface area contributed by atoms with Crippen molar-refractivity contribution >= 4 is 6.09 Å². The van der Waals surface area contributed by atoms with Crippen molar-refractivity contribution in [2.75, 3.05) is 13.7 Å². The molecule has 0 radical (unpaired) electrons. The molecule has 0 N–H and O–H groups in total. The fourth-order valence-corrected chi connectivity index (χ4v) is 2.57. The van der Waals surface area contributed by atoms with Crippen LogP contribution in [-0.2, 0) is 4.74 Å². The van der Waals surface area contributed by atoms with Crippen molar-refractivity contribution in [3.8, 4) is 5.75 Å². The summed E-state index contributed by atoms with van der Waals surface area (Å²) >= 11 is 0. The highest BCUT2D eigenvalue weighted by atomic mass is 16.6. The summed E-state index contributed by atoms with van der Waals surface area (Å²) in [6, 6.07) is 7.91. The molecule has 20 heavy (non-hydrogen) atoms. The number of nitrogens with zero attached hydrogens (tertiary/aromatic N) is 1. The van der Waals surface area contributed by atoms with E-state index in [0.717, 1.165) is 30.7 Å². The lowest BCUT2D eigenvalue weighted by atomic mass is 10.0. The lowest BCUT2D eigenvalue weighted by molar-refractivity contribution is 0.0223. The fraction of sp³-hybridized carbons (Fsp3) is 0.562. The third kappa shape index (κ3) is 3.24. The first-order valence-electron chi connectivity index (χ1n) is 7.05. The minimum absolute atomic E-state index is 0.0426. The number of ether oxygens (including phenoxy) is 2. The van der Waals surface area contributed by atoms with Gasteiger partial charge < -0.3 is 14.4 Å². The minimum atomic E-state index is -0.467. The topological polar surface area (TPSA) is 38.8 Å². The smallest absolute Gasteiger partial charge is 0.410 e. The van der Waals surface area contributed by atoms with Gasteiger partial charge in [-0.1, -0.05) is 18.2 Å². The Balaban J connectivity index is 2.21. The van der Waals surface area contributed by atoms with Crippen LogP contribution in [0.4, 0.5) is 4.79 Å². The van der Waals surface area contributed by atoms with Crippen LogP contribution in [0.1, 0.15) is 45.2 Å². The highest BCUT2D eigenvalue weighted by molar-refractivity contribution is 5.69. The zero-order chi connectivity index (χ0) is 14.8. The van der Waals surface area contributed by atoms with Gasteiger partial charge in [0, 0.05) is 12.1 Å². The molecule has 1 fully saturated rings. The maximum atomic E-state index is 12.3. The predicted octanol–water partition coefficient (Wildman–Crippen LogP) is 3.77. The van der Waals surface area contributed by atoms with Crippen LogP contribution < -0.4 is 4.74 Å².